The lowest BCUT2D eigenvalue weighted by molar-refractivity contribution is -0.116. The summed E-state index contributed by atoms with van der Waals surface area (Å²) in [4.78, 5) is 29.6. The Hall–Kier alpha value is -2.57. The molecule has 4 rings (SSSR count). The van der Waals surface area contributed by atoms with Gasteiger partial charge in [-0.3, -0.25) is 9.59 Å². The van der Waals surface area contributed by atoms with Gasteiger partial charge in [-0.2, -0.15) is 0 Å². The van der Waals surface area contributed by atoms with Gasteiger partial charge in [0.05, 0.1) is 5.56 Å². The van der Waals surface area contributed by atoms with Crippen LogP contribution in [-0.2, 0) is 4.79 Å². The topological polar surface area (TPSA) is 64.7 Å². The van der Waals surface area contributed by atoms with E-state index in [9.17, 15) is 9.59 Å². The first-order valence-corrected chi connectivity index (χ1v) is 11.2. The van der Waals surface area contributed by atoms with Gasteiger partial charge in [-0.15, -0.1) is 0 Å². The normalized spacial score (nSPS) is 20.5. The molecule has 2 heterocycles. The predicted octanol–water partition coefficient (Wildman–Crippen LogP) is 3.72. The molecule has 31 heavy (non-hydrogen) atoms. The van der Waals surface area contributed by atoms with Crippen LogP contribution in [0.4, 0.5) is 11.4 Å². The Kier molecular flexibility index (Phi) is 6.49. The minimum absolute atomic E-state index is 0.00236. The fourth-order valence-corrected chi connectivity index (χ4v) is 4.83. The van der Waals surface area contributed by atoms with Crippen LogP contribution in [0.25, 0.3) is 0 Å². The van der Waals surface area contributed by atoms with E-state index >= 15 is 0 Å². The number of nitrogens with one attached hydrogen (secondary N) is 2. The van der Waals surface area contributed by atoms with Gasteiger partial charge in [0, 0.05) is 62.6 Å². The zero-order valence-electron chi connectivity index (χ0n) is 18.0. The summed E-state index contributed by atoms with van der Waals surface area (Å²) in [5, 5.41) is 6.69. The van der Waals surface area contributed by atoms with Crippen LogP contribution in [0.2, 0.25) is 5.02 Å². The number of nitrogens with zero attached hydrogens (tertiary/aromatic N) is 2. The average molecular weight is 441 g/mol. The number of rotatable bonds is 6. The zero-order valence-corrected chi connectivity index (χ0v) is 18.8. The fraction of sp³-hybridized carbons (Fsp3) is 0.417. The van der Waals surface area contributed by atoms with Crippen molar-refractivity contribution in [2.75, 3.05) is 50.4 Å². The molecule has 2 aromatic rings. The number of hydrogen-bond acceptors (Lipinski definition) is 4. The van der Waals surface area contributed by atoms with Crippen LogP contribution < -0.4 is 10.6 Å². The van der Waals surface area contributed by atoms with Gasteiger partial charge in [0.25, 0.3) is 5.91 Å². The summed E-state index contributed by atoms with van der Waals surface area (Å²) < 4.78 is 0. The van der Waals surface area contributed by atoms with Crippen LogP contribution in [0.3, 0.4) is 0 Å². The van der Waals surface area contributed by atoms with Crippen molar-refractivity contribution >= 4 is 34.8 Å². The Morgan fingerprint density at radius 3 is 2.45 bits per heavy atom. The van der Waals surface area contributed by atoms with E-state index in [-0.39, 0.29) is 11.8 Å². The number of hydrogen-bond donors (Lipinski definition) is 2. The maximum atomic E-state index is 13.0. The molecular formula is C24H29ClN4O2. The van der Waals surface area contributed by atoms with Gasteiger partial charge < -0.3 is 20.4 Å². The maximum absolute atomic E-state index is 13.0. The van der Waals surface area contributed by atoms with Gasteiger partial charge in [-0.1, -0.05) is 29.8 Å². The second-order valence-corrected chi connectivity index (χ2v) is 8.95. The number of para-hydroxylation sites is 1. The summed E-state index contributed by atoms with van der Waals surface area (Å²) in [5.41, 5.74) is 3.32. The van der Waals surface area contributed by atoms with Gasteiger partial charge in [0.15, 0.2) is 0 Å². The number of likely N-dealkylation sites (tertiary alicyclic amines) is 2. The minimum atomic E-state index is -0.00236. The quantitative estimate of drug-likeness (QED) is 0.718. The molecule has 2 atom stereocenters. The smallest absolute Gasteiger partial charge is 0.255 e. The van der Waals surface area contributed by atoms with Crippen LogP contribution in [0, 0.1) is 18.8 Å². The number of carbonyl (C=O) groups is 2. The van der Waals surface area contributed by atoms with Crippen LogP contribution in [0.5, 0.6) is 0 Å². The largest absolute Gasteiger partial charge is 0.387 e. The van der Waals surface area contributed by atoms with Crippen LogP contribution in [0.15, 0.2) is 42.5 Å². The van der Waals surface area contributed by atoms with Gasteiger partial charge in [-0.05, 0) is 48.6 Å². The van der Waals surface area contributed by atoms with Crippen LogP contribution in [-0.4, -0.2) is 61.4 Å². The molecule has 7 heteroatoms. The van der Waals surface area contributed by atoms with Crippen molar-refractivity contribution in [2.24, 2.45) is 11.8 Å². The van der Waals surface area contributed by atoms with Crippen molar-refractivity contribution in [2.45, 2.75) is 13.3 Å². The van der Waals surface area contributed by atoms with Gasteiger partial charge in [0.2, 0.25) is 5.91 Å². The number of halogens is 1. The maximum Gasteiger partial charge on any atom is 0.255 e. The third kappa shape index (κ3) is 4.86. The van der Waals surface area contributed by atoms with E-state index < -0.39 is 0 Å². The summed E-state index contributed by atoms with van der Waals surface area (Å²) in [6.45, 7) is 6.11. The number of fused-ring (bicyclic) bond motifs is 1. The van der Waals surface area contributed by atoms with Gasteiger partial charge in [0.1, 0.15) is 0 Å². The van der Waals surface area contributed by atoms with Crippen molar-refractivity contribution < 1.29 is 9.59 Å². The highest BCUT2D eigenvalue weighted by Crippen LogP contribution is 2.32. The number of carbonyl (C=O) groups excluding carboxylic acids is 2. The summed E-state index contributed by atoms with van der Waals surface area (Å²) in [5.74, 6) is 1.05. The first kappa shape index (κ1) is 21.7. The molecule has 0 aromatic heterocycles. The zero-order chi connectivity index (χ0) is 22.0. The molecule has 2 saturated heterocycles. The second-order valence-electron chi connectivity index (χ2n) is 8.55. The molecule has 2 N–H and O–H groups in total. The van der Waals surface area contributed by atoms with E-state index in [0.29, 0.717) is 23.3 Å². The first-order valence-electron chi connectivity index (χ1n) is 10.8. The molecule has 2 aromatic carbocycles. The van der Waals surface area contributed by atoms with Crippen molar-refractivity contribution in [3.05, 3.63) is 58.6 Å². The van der Waals surface area contributed by atoms with Crippen LogP contribution >= 0.6 is 11.6 Å². The van der Waals surface area contributed by atoms with Crippen LogP contribution in [0.1, 0.15) is 22.3 Å². The van der Waals surface area contributed by atoms with Crippen molar-refractivity contribution in [1.29, 1.82) is 0 Å². The Morgan fingerprint density at radius 2 is 1.77 bits per heavy atom. The lowest BCUT2D eigenvalue weighted by Crippen LogP contribution is -2.34. The van der Waals surface area contributed by atoms with Crippen molar-refractivity contribution in [3.63, 3.8) is 0 Å². The molecule has 0 bridgehead atoms. The number of benzene rings is 2. The Bertz CT molecular complexity index is 966. The second kappa shape index (κ2) is 9.28. The summed E-state index contributed by atoms with van der Waals surface area (Å²) in [6.07, 6.45) is 0.448. The van der Waals surface area contributed by atoms with E-state index in [0.717, 1.165) is 55.2 Å². The molecule has 0 saturated carbocycles. The highest BCUT2D eigenvalue weighted by Gasteiger charge is 2.41. The predicted molar refractivity (Wildman–Crippen MR) is 125 cm³/mol. The lowest BCUT2D eigenvalue weighted by atomic mass is 10.0. The third-order valence-corrected chi connectivity index (χ3v) is 6.79. The molecule has 2 amide bonds. The standard InChI is InChI=1S/C24H29ClN4O2/c1-16-7-8-19(11-21(16)25)27-23(30)9-10-28-12-17-14-29(15-18(17)13-28)24(31)20-5-3-4-6-22(20)26-2/h3-8,11,17-18,26H,9-10,12-15H2,1-2H3,(H,27,30). The average Bonchev–Trinajstić information content (AvgIpc) is 3.33. The molecule has 0 aliphatic carbocycles. The number of aryl methyl sites for hydroxylation is 1. The molecule has 6 nitrogen and oxygen atoms in total. The minimum Gasteiger partial charge on any atom is -0.387 e. The fourth-order valence-electron chi connectivity index (χ4n) is 4.65. The molecule has 0 radical (unpaired) electrons. The summed E-state index contributed by atoms with van der Waals surface area (Å²) >= 11 is 6.13. The number of anilines is 2. The monoisotopic (exact) mass is 440 g/mol. The van der Waals surface area contributed by atoms with E-state index in [1.165, 1.54) is 0 Å². The van der Waals surface area contributed by atoms with Gasteiger partial charge in [-0.25, -0.2) is 0 Å². The highest BCUT2D eigenvalue weighted by molar-refractivity contribution is 6.31. The lowest BCUT2D eigenvalue weighted by Gasteiger charge is -2.22. The Morgan fingerprint density at radius 1 is 1.06 bits per heavy atom. The van der Waals surface area contributed by atoms with E-state index in [1.54, 1.807) is 6.07 Å². The molecule has 2 unspecified atom stereocenters. The molecule has 2 aliphatic rings. The number of amides is 2. The summed E-state index contributed by atoms with van der Waals surface area (Å²) in [6, 6.07) is 13.2. The molecule has 2 aliphatic heterocycles. The van der Waals surface area contributed by atoms with Gasteiger partial charge >= 0.3 is 0 Å². The third-order valence-electron chi connectivity index (χ3n) is 6.39. The Balaban J connectivity index is 1.25. The SMILES string of the molecule is CNc1ccccc1C(=O)N1CC2CN(CCC(=O)Nc3ccc(C)c(Cl)c3)CC2C1. The summed E-state index contributed by atoms with van der Waals surface area (Å²) in [7, 11) is 1.84. The first-order chi connectivity index (χ1) is 14.9. The van der Waals surface area contributed by atoms with Crippen molar-refractivity contribution in [3.8, 4) is 0 Å². The molecule has 2 fully saturated rings. The van der Waals surface area contributed by atoms with E-state index in [4.69, 9.17) is 11.6 Å². The van der Waals surface area contributed by atoms with E-state index in [1.807, 2.05) is 55.3 Å². The highest BCUT2D eigenvalue weighted by atomic mass is 35.5. The molecular weight excluding hydrogens is 412 g/mol. The molecule has 164 valence electrons. The molecule has 0 spiro atoms. The van der Waals surface area contributed by atoms with E-state index in [2.05, 4.69) is 15.5 Å². The van der Waals surface area contributed by atoms with Crippen molar-refractivity contribution in [1.82, 2.24) is 9.80 Å². The Labute approximate surface area is 188 Å².